The van der Waals surface area contributed by atoms with Crippen LogP contribution in [0.3, 0.4) is 0 Å². The van der Waals surface area contributed by atoms with Crippen LogP contribution >= 0.6 is 0 Å². The average molecular weight is 259 g/mol. The van der Waals surface area contributed by atoms with Gasteiger partial charge in [0.1, 0.15) is 0 Å². The van der Waals surface area contributed by atoms with Gasteiger partial charge in [-0.15, -0.1) is 0 Å². The minimum absolute atomic E-state index is 0.100. The molecule has 0 aliphatic carbocycles. The number of nitrogen functional groups attached to an aromatic ring is 1. The molecule has 2 aromatic rings. The van der Waals surface area contributed by atoms with E-state index in [9.17, 15) is 0 Å². The number of aromatic nitrogens is 1. The van der Waals surface area contributed by atoms with Crippen molar-refractivity contribution in [2.24, 2.45) is 0 Å². The van der Waals surface area contributed by atoms with Crippen molar-refractivity contribution in [2.75, 3.05) is 37.4 Å². The summed E-state index contributed by atoms with van der Waals surface area (Å²) in [5.41, 5.74) is 7.74. The summed E-state index contributed by atoms with van der Waals surface area (Å²) >= 11 is 0. The van der Waals surface area contributed by atoms with Crippen molar-refractivity contribution in [1.82, 2.24) is 4.98 Å². The lowest BCUT2D eigenvalue weighted by atomic mass is 10.1. The van der Waals surface area contributed by atoms with Gasteiger partial charge in [0.25, 0.3) is 0 Å². The van der Waals surface area contributed by atoms with E-state index in [-0.39, 0.29) is 6.10 Å². The highest BCUT2D eigenvalue weighted by Crippen LogP contribution is 2.27. The molecule has 1 aliphatic rings. The second-order valence-corrected chi connectivity index (χ2v) is 4.57. The maximum atomic E-state index is 5.95. The predicted molar refractivity (Wildman–Crippen MR) is 75.2 cm³/mol. The van der Waals surface area contributed by atoms with Crippen LogP contribution in [0.5, 0.6) is 0 Å². The molecule has 0 saturated carbocycles. The Bertz CT molecular complexity index is 568. The van der Waals surface area contributed by atoms with Crippen LogP contribution in [0.15, 0.2) is 30.6 Å². The molecule has 19 heavy (non-hydrogen) atoms. The minimum atomic E-state index is 0.100. The van der Waals surface area contributed by atoms with E-state index in [1.807, 2.05) is 18.2 Å². The number of rotatable bonds is 3. The van der Waals surface area contributed by atoms with Crippen LogP contribution in [0.25, 0.3) is 10.8 Å². The normalized spacial score (nSPS) is 19.5. The Hall–Kier alpha value is -1.85. The Morgan fingerprint density at radius 1 is 1.26 bits per heavy atom. The fourth-order valence-electron chi connectivity index (χ4n) is 2.24. The number of hydrogen-bond donors (Lipinski definition) is 2. The third kappa shape index (κ3) is 2.62. The summed E-state index contributed by atoms with van der Waals surface area (Å²) in [5.74, 6) is 0. The van der Waals surface area contributed by atoms with E-state index in [0.29, 0.717) is 19.8 Å². The molecule has 1 atom stereocenters. The molecule has 2 heterocycles. The molecular formula is C14H17N3O2. The third-order valence-electron chi connectivity index (χ3n) is 3.26. The van der Waals surface area contributed by atoms with Crippen LogP contribution in [0.4, 0.5) is 11.4 Å². The Balaban J connectivity index is 1.79. The molecule has 1 aromatic heterocycles. The molecule has 1 unspecified atom stereocenters. The molecule has 0 amide bonds. The van der Waals surface area contributed by atoms with Crippen LogP contribution in [0.1, 0.15) is 0 Å². The standard InChI is InChI=1S/C14H17N3O2/c15-13-1-2-14(11-3-4-16-8-12(11)13)17-7-10-9-18-5-6-19-10/h1-4,8,10,17H,5-7,9,15H2. The van der Waals surface area contributed by atoms with E-state index in [4.69, 9.17) is 15.2 Å². The molecule has 3 rings (SSSR count). The van der Waals surface area contributed by atoms with Gasteiger partial charge in [0.2, 0.25) is 0 Å². The zero-order valence-corrected chi connectivity index (χ0v) is 10.6. The molecule has 5 nitrogen and oxygen atoms in total. The maximum absolute atomic E-state index is 5.95. The lowest BCUT2D eigenvalue weighted by Crippen LogP contribution is -2.34. The molecule has 1 saturated heterocycles. The van der Waals surface area contributed by atoms with Gasteiger partial charge < -0.3 is 20.5 Å². The van der Waals surface area contributed by atoms with Crippen LogP contribution in [0, 0.1) is 0 Å². The van der Waals surface area contributed by atoms with Crippen molar-refractivity contribution in [2.45, 2.75) is 6.10 Å². The molecule has 0 spiro atoms. The summed E-state index contributed by atoms with van der Waals surface area (Å²) in [4.78, 5) is 4.11. The Morgan fingerprint density at radius 3 is 3.05 bits per heavy atom. The number of hydrogen-bond acceptors (Lipinski definition) is 5. The molecule has 1 aliphatic heterocycles. The lowest BCUT2D eigenvalue weighted by Gasteiger charge is -2.24. The average Bonchev–Trinajstić information content (AvgIpc) is 2.48. The van der Waals surface area contributed by atoms with Gasteiger partial charge in [-0.2, -0.15) is 0 Å². The van der Waals surface area contributed by atoms with Gasteiger partial charge in [0, 0.05) is 41.1 Å². The summed E-state index contributed by atoms with van der Waals surface area (Å²) in [6, 6.07) is 5.85. The van der Waals surface area contributed by atoms with Crippen LogP contribution < -0.4 is 11.1 Å². The maximum Gasteiger partial charge on any atom is 0.0981 e. The molecular weight excluding hydrogens is 242 g/mol. The number of nitrogens with two attached hydrogens (primary N) is 1. The highest BCUT2D eigenvalue weighted by atomic mass is 16.6. The Kier molecular flexibility index (Phi) is 3.48. The quantitative estimate of drug-likeness (QED) is 0.820. The van der Waals surface area contributed by atoms with Crippen molar-refractivity contribution in [3.05, 3.63) is 30.6 Å². The first kappa shape index (κ1) is 12.2. The van der Waals surface area contributed by atoms with E-state index < -0.39 is 0 Å². The summed E-state index contributed by atoms with van der Waals surface area (Å²) in [6.07, 6.45) is 3.66. The highest BCUT2D eigenvalue weighted by Gasteiger charge is 2.14. The van der Waals surface area contributed by atoms with E-state index in [1.165, 1.54) is 0 Å². The van der Waals surface area contributed by atoms with Gasteiger partial charge in [-0.3, -0.25) is 4.98 Å². The van der Waals surface area contributed by atoms with Gasteiger partial charge in [0.05, 0.1) is 25.9 Å². The third-order valence-corrected chi connectivity index (χ3v) is 3.26. The molecule has 3 N–H and O–H groups in total. The number of fused-ring (bicyclic) bond motifs is 1. The Morgan fingerprint density at radius 2 is 2.21 bits per heavy atom. The topological polar surface area (TPSA) is 69.4 Å². The summed E-state index contributed by atoms with van der Waals surface area (Å²) in [5, 5.41) is 5.44. The lowest BCUT2D eigenvalue weighted by molar-refractivity contribution is -0.0818. The molecule has 100 valence electrons. The van der Waals surface area contributed by atoms with Gasteiger partial charge in [-0.1, -0.05) is 0 Å². The van der Waals surface area contributed by atoms with Crippen molar-refractivity contribution < 1.29 is 9.47 Å². The van der Waals surface area contributed by atoms with E-state index in [0.717, 1.165) is 28.7 Å². The first-order valence-electron chi connectivity index (χ1n) is 6.40. The van der Waals surface area contributed by atoms with E-state index >= 15 is 0 Å². The van der Waals surface area contributed by atoms with Crippen molar-refractivity contribution in [3.63, 3.8) is 0 Å². The first-order chi connectivity index (χ1) is 9.34. The Labute approximate surface area is 111 Å². The van der Waals surface area contributed by atoms with E-state index in [1.54, 1.807) is 12.4 Å². The number of anilines is 2. The number of nitrogens with one attached hydrogen (secondary N) is 1. The number of pyridine rings is 1. The minimum Gasteiger partial charge on any atom is -0.398 e. The van der Waals surface area contributed by atoms with Gasteiger partial charge in [0.15, 0.2) is 0 Å². The fourth-order valence-corrected chi connectivity index (χ4v) is 2.24. The summed E-state index contributed by atoms with van der Waals surface area (Å²) in [6.45, 7) is 2.72. The molecule has 0 bridgehead atoms. The zero-order chi connectivity index (χ0) is 13.1. The van der Waals surface area contributed by atoms with Crippen LogP contribution in [0.2, 0.25) is 0 Å². The SMILES string of the molecule is Nc1ccc(NCC2COCCO2)c2ccncc12. The number of benzene rings is 1. The molecule has 1 aromatic carbocycles. The predicted octanol–water partition coefficient (Wildman–Crippen LogP) is 1.64. The highest BCUT2D eigenvalue weighted by molar-refractivity contribution is 6.00. The van der Waals surface area contributed by atoms with Crippen molar-refractivity contribution >= 4 is 22.1 Å². The first-order valence-corrected chi connectivity index (χ1v) is 6.40. The largest absolute Gasteiger partial charge is 0.398 e. The summed E-state index contributed by atoms with van der Waals surface area (Å²) < 4.78 is 11.0. The number of nitrogens with zero attached hydrogens (tertiary/aromatic N) is 1. The molecule has 5 heteroatoms. The van der Waals surface area contributed by atoms with Gasteiger partial charge in [-0.25, -0.2) is 0 Å². The van der Waals surface area contributed by atoms with Gasteiger partial charge in [-0.05, 0) is 18.2 Å². The van der Waals surface area contributed by atoms with Crippen molar-refractivity contribution in [3.8, 4) is 0 Å². The summed E-state index contributed by atoms with van der Waals surface area (Å²) in [7, 11) is 0. The second kappa shape index (κ2) is 5.42. The van der Waals surface area contributed by atoms with Crippen LogP contribution in [-0.4, -0.2) is 37.5 Å². The van der Waals surface area contributed by atoms with Gasteiger partial charge >= 0.3 is 0 Å². The smallest absolute Gasteiger partial charge is 0.0981 e. The molecule has 1 fully saturated rings. The zero-order valence-electron chi connectivity index (χ0n) is 10.6. The monoisotopic (exact) mass is 259 g/mol. The van der Waals surface area contributed by atoms with E-state index in [2.05, 4.69) is 10.3 Å². The number of ether oxygens (including phenoxy) is 2. The molecule has 0 radical (unpaired) electrons. The fraction of sp³-hybridized carbons (Fsp3) is 0.357. The second-order valence-electron chi connectivity index (χ2n) is 4.57. The van der Waals surface area contributed by atoms with Crippen LogP contribution in [-0.2, 0) is 9.47 Å². The van der Waals surface area contributed by atoms with Crippen molar-refractivity contribution in [1.29, 1.82) is 0 Å².